The molecule has 2 aliphatic rings. The van der Waals surface area contributed by atoms with E-state index < -0.39 is 9.84 Å². The first-order valence-electron chi connectivity index (χ1n) is 8.32. The van der Waals surface area contributed by atoms with Gasteiger partial charge in [-0.2, -0.15) is 0 Å². The summed E-state index contributed by atoms with van der Waals surface area (Å²) < 4.78 is 25.2. The predicted octanol–water partition coefficient (Wildman–Crippen LogP) is 0.870. The fourth-order valence-electron chi connectivity index (χ4n) is 3.77. The van der Waals surface area contributed by atoms with Crippen LogP contribution in [-0.2, 0) is 14.6 Å². The van der Waals surface area contributed by atoms with Crippen LogP contribution in [0.15, 0.2) is 24.4 Å². The summed E-state index contributed by atoms with van der Waals surface area (Å²) in [6, 6.07) is 5.77. The highest BCUT2D eigenvalue weighted by Crippen LogP contribution is 2.29. The van der Waals surface area contributed by atoms with E-state index in [9.17, 15) is 13.2 Å². The monoisotopic (exact) mass is 348 g/mol. The van der Waals surface area contributed by atoms with Gasteiger partial charge in [-0.3, -0.25) is 9.20 Å². The van der Waals surface area contributed by atoms with Gasteiger partial charge in [0.15, 0.2) is 15.5 Å². The molecule has 2 atom stereocenters. The highest BCUT2D eigenvalue weighted by molar-refractivity contribution is 7.91. The molecule has 0 aromatic carbocycles. The Morgan fingerprint density at radius 2 is 2.08 bits per heavy atom. The number of fused-ring (bicyclic) bond motifs is 1. The summed E-state index contributed by atoms with van der Waals surface area (Å²) in [6.45, 7) is 1.29. The van der Waals surface area contributed by atoms with Crippen LogP contribution in [0.5, 0.6) is 0 Å². The summed E-state index contributed by atoms with van der Waals surface area (Å²) in [5, 5.41) is 8.50. The van der Waals surface area contributed by atoms with Gasteiger partial charge in [0, 0.05) is 25.2 Å². The smallest absolute Gasteiger partial charge is 0.226 e. The van der Waals surface area contributed by atoms with E-state index in [-0.39, 0.29) is 29.2 Å². The van der Waals surface area contributed by atoms with Crippen molar-refractivity contribution in [1.29, 1.82) is 0 Å². The molecule has 2 aliphatic heterocycles. The van der Waals surface area contributed by atoms with Crippen LogP contribution < -0.4 is 0 Å². The van der Waals surface area contributed by atoms with Crippen molar-refractivity contribution < 1.29 is 13.2 Å². The van der Waals surface area contributed by atoms with Gasteiger partial charge in [0.25, 0.3) is 0 Å². The lowest BCUT2D eigenvalue weighted by atomic mass is 9.95. The maximum absolute atomic E-state index is 12.7. The summed E-state index contributed by atoms with van der Waals surface area (Å²) in [7, 11) is -3.04. The number of piperidine rings is 1. The Hall–Kier alpha value is -1.96. The number of rotatable bonds is 2. The Morgan fingerprint density at radius 1 is 1.21 bits per heavy atom. The Balaban J connectivity index is 1.53. The summed E-state index contributed by atoms with van der Waals surface area (Å²) in [5.74, 6) is 0.759. The Labute approximate surface area is 140 Å². The number of pyridine rings is 1. The zero-order valence-electron chi connectivity index (χ0n) is 13.3. The van der Waals surface area contributed by atoms with Crippen molar-refractivity contribution in [2.45, 2.75) is 25.2 Å². The number of carbonyl (C=O) groups excluding carboxylic acids is 1. The van der Waals surface area contributed by atoms with Crippen LogP contribution in [0.2, 0.25) is 0 Å². The number of sulfone groups is 1. The van der Waals surface area contributed by atoms with E-state index in [0.717, 1.165) is 24.3 Å². The van der Waals surface area contributed by atoms with Crippen molar-refractivity contribution in [3.05, 3.63) is 30.2 Å². The molecule has 0 unspecified atom stereocenters. The van der Waals surface area contributed by atoms with E-state index in [1.807, 2.05) is 33.7 Å². The van der Waals surface area contributed by atoms with Crippen LogP contribution in [0.4, 0.5) is 0 Å². The van der Waals surface area contributed by atoms with Crippen molar-refractivity contribution in [2.75, 3.05) is 24.6 Å². The van der Waals surface area contributed by atoms with Crippen LogP contribution in [-0.4, -0.2) is 58.4 Å². The largest absolute Gasteiger partial charge is 0.342 e. The molecule has 0 aliphatic carbocycles. The molecule has 128 valence electrons. The zero-order chi connectivity index (χ0) is 16.7. The second-order valence-electron chi connectivity index (χ2n) is 6.71. The van der Waals surface area contributed by atoms with Crippen molar-refractivity contribution in [3.63, 3.8) is 0 Å². The van der Waals surface area contributed by atoms with E-state index in [1.54, 1.807) is 0 Å². The molecule has 0 N–H and O–H groups in total. The molecule has 4 rings (SSSR count). The van der Waals surface area contributed by atoms with Gasteiger partial charge in [0.05, 0.1) is 17.4 Å². The van der Waals surface area contributed by atoms with Gasteiger partial charge in [-0.05, 0) is 31.4 Å². The highest BCUT2D eigenvalue weighted by atomic mass is 32.2. The van der Waals surface area contributed by atoms with Crippen molar-refractivity contribution in [2.24, 2.45) is 5.92 Å². The Bertz CT molecular complexity index is 876. The first-order valence-corrected chi connectivity index (χ1v) is 10.1. The number of nitrogens with zero attached hydrogens (tertiary/aromatic N) is 4. The van der Waals surface area contributed by atoms with Crippen LogP contribution in [0.25, 0.3) is 5.65 Å². The molecular formula is C16H20N4O3S. The minimum atomic E-state index is -3.04. The fourth-order valence-corrected chi connectivity index (χ4v) is 5.51. The van der Waals surface area contributed by atoms with Crippen molar-refractivity contribution in [1.82, 2.24) is 19.5 Å². The number of likely N-dealkylation sites (tertiary alicyclic amines) is 1. The average molecular weight is 348 g/mol. The molecule has 0 radical (unpaired) electrons. The lowest BCUT2D eigenvalue weighted by molar-refractivity contribution is -0.136. The lowest BCUT2D eigenvalue weighted by Gasteiger charge is -2.33. The third-order valence-electron chi connectivity index (χ3n) is 5.02. The van der Waals surface area contributed by atoms with Crippen LogP contribution in [0.1, 0.15) is 31.0 Å². The van der Waals surface area contributed by atoms with Gasteiger partial charge in [-0.15, -0.1) is 10.2 Å². The van der Waals surface area contributed by atoms with Crippen molar-refractivity contribution in [3.8, 4) is 0 Å². The number of amides is 1. The van der Waals surface area contributed by atoms with Gasteiger partial charge in [-0.25, -0.2) is 8.42 Å². The maximum atomic E-state index is 12.7. The summed E-state index contributed by atoms with van der Waals surface area (Å²) in [6.07, 6.45) is 4.26. The molecule has 8 heteroatoms. The molecule has 7 nitrogen and oxygen atoms in total. The van der Waals surface area contributed by atoms with Gasteiger partial charge in [-0.1, -0.05) is 6.07 Å². The highest BCUT2D eigenvalue weighted by Gasteiger charge is 2.37. The zero-order valence-corrected chi connectivity index (χ0v) is 14.2. The third-order valence-corrected chi connectivity index (χ3v) is 6.79. The molecule has 4 heterocycles. The predicted molar refractivity (Wildman–Crippen MR) is 88.3 cm³/mol. The first-order chi connectivity index (χ1) is 11.5. The van der Waals surface area contributed by atoms with Crippen LogP contribution in [0.3, 0.4) is 0 Å². The fraction of sp³-hybridized carbons (Fsp3) is 0.562. The molecule has 0 spiro atoms. The molecule has 24 heavy (non-hydrogen) atoms. The number of aromatic nitrogens is 3. The normalized spacial score (nSPS) is 26.8. The molecule has 1 amide bonds. The second-order valence-corrected chi connectivity index (χ2v) is 8.94. The topological polar surface area (TPSA) is 84.6 Å². The van der Waals surface area contributed by atoms with E-state index in [0.29, 0.717) is 19.5 Å². The number of carbonyl (C=O) groups is 1. The van der Waals surface area contributed by atoms with E-state index in [2.05, 4.69) is 10.2 Å². The van der Waals surface area contributed by atoms with E-state index >= 15 is 0 Å². The lowest BCUT2D eigenvalue weighted by Crippen LogP contribution is -2.43. The summed E-state index contributed by atoms with van der Waals surface area (Å²) in [5.41, 5.74) is 0.804. The minimum absolute atomic E-state index is 0.000856. The second kappa shape index (κ2) is 5.84. The van der Waals surface area contributed by atoms with Gasteiger partial charge < -0.3 is 4.90 Å². The number of hydrogen-bond donors (Lipinski definition) is 0. The molecule has 2 aromatic heterocycles. The van der Waals surface area contributed by atoms with Gasteiger partial charge in [0.1, 0.15) is 5.82 Å². The van der Waals surface area contributed by atoms with E-state index in [1.165, 1.54) is 0 Å². The molecule has 0 bridgehead atoms. The van der Waals surface area contributed by atoms with Gasteiger partial charge in [0.2, 0.25) is 5.91 Å². The molecule has 2 aromatic rings. The van der Waals surface area contributed by atoms with Crippen LogP contribution >= 0.6 is 0 Å². The standard InChI is InChI=1S/C16H20N4O3S/c21-16(13-6-9-24(22,23)11-13)19-7-3-4-12(10-19)15-18-17-14-5-1-2-8-20(14)15/h1-2,5,8,12-13H,3-4,6-7,9-11H2/t12-,13+/m0/s1. The molecule has 2 fully saturated rings. The molecule has 0 saturated carbocycles. The first kappa shape index (κ1) is 15.6. The third kappa shape index (κ3) is 2.79. The summed E-state index contributed by atoms with van der Waals surface area (Å²) >= 11 is 0. The van der Waals surface area contributed by atoms with Gasteiger partial charge >= 0.3 is 0 Å². The minimum Gasteiger partial charge on any atom is -0.342 e. The molecule has 2 saturated heterocycles. The Kier molecular flexibility index (Phi) is 3.79. The SMILES string of the molecule is O=C([C@@H]1CCS(=O)(=O)C1)N1CCC[C@H](c2nnc3ccccn23)C1. The Morgan fingerprint density at radius 3 is 2.88 bits per heavy atom. The molecular weight excluding hydrogens is 328 g/mol. The number of hydrogen-bond acceptors (Lipinski definition) is 5. The van der Waals surface area contributed by atoms with Crippen molar-refractivity contribution >= 4 is 21.4 Å². The van der Waals surface area contributed by atoms with Crippen LogP contribution in [0, 0.1) is 5.92 Å². The summed E-state index contributed by atoms with van der Waals surface area (Å²) in [4.78, 5) is 14.5. The maximum Gasteiger partial charge on any atom is 0.226 e. The van der Waals surface area contributed by atoms with E-state index in [4.69, 9.17) is 0 Å². The quantitative estimate of drug-likeness (QED) is 0.804. The average Bonchev–Trinajstić information content (AvgIpc) is 3.17.